The minimum Gasteiger partial charge on any atom is -0.370 e. The molecule has 2 unspecified atom stereocenters. The minimum absolute atomic E-state index is 0.0266. The molecule has 106 valence electrons. The van der Waals surface area contributed by atoms with Crippen LogP contribution in [-0.2, 0) is 10.0 Å². The summed E-state index contributed by atoms with van der Waals surface area (Å²) in [4.78, 5) is 4.08. The zero-order valence-electron chi connectivity index (χ0n) is 10.7. The van der Waals surface area contributed by atoms with Crippen LogP contribution in [0.15, 0.2) is 23.2 Å². The van der Waals surface area contributed by atoms with Gasteiger partial charge in [-0.3, -0.25) is 0 Å². The monoisotopic (exact) mass is 284 g/mol. The van der Waals surface area contributed by atoms with Crippen molar-refractivity contribution in [3.63, 3.8) is 0 Å². The fraction of sp³-hybridized carbons (Fsp3) is 0.583. The fourth-order valence-electron chi connectivity index (χ4n) is 2.58. The van der Waals surface area contributed by atoms with E-state index in [9.17, 15) is 8.42 Å². The van der Waals surface area contributed by atoms with E-state index in [1.165, 1.54) is 31.5 Å². The largest absolute Gasteiger partial charge is 0.370 e. The van der Waals surface area contributed by atoms with Crippen LogP contribution in [0.2, 0.25) is 0 Å². The molecule has 2 rings (SSSR count). The average molecular weight is 284 g/mol. The van der Waals surface area contributed by atoms with E-state index in [0.717, 1.165) is 13.1 Å². The first-order valence-electron chi connectivity index (χ1n) is 6.43. The lowest BCUT2D eigenvalue weighted by Gasteiger charge is -2.18. The van der Waals surface area contributed by atoms with E-state index in [1.54, 1.807) is 6.07 Å². The Morgan fingerprint density at radius 3 is 2.63 bits per heavy atom. The van der Waals surface area contributed by atoms with Crippen molar-refractivity contribution in [1.82, 2.24) is 4.98 Å². The first kappa shape index (κ1) is 14.2. The molecule has 0 aliphatic heterocycles. The normalized spacial score (nSPS) is 23.5. The maximum atomic E-state index is 11.1. The smallest absolute Gasteiger partial charge is 0.239 e. The highest BCUT2D eigenvalue weighted by Gasteiger charge is 2.25. The molecule has 1 aromatic heterocycles. The van der Waals surface area contributed by atoms with E-state index in [0.29, 0.717) is 17.7 Å². The first-order valence-corrected chi connectivity index (χ1v) is 7.98. The first-order chi connectivity index (χ1) is 9.00. The second kappa shape index (κ2) is 5.85. The van der Waals surface area contributed by atoms with Crippen LogP contribution in [-0.4, -0.2) is 26.5 Å². The van der Waals surface area contributed by atoms with Crippen LogP contribution in [0.4, 0.5) is 5.82 Å². The summed E-state index contributed by atoms with van der Waals surface area (Å²) in [6.45, 7) is 1.55. The number of anilines is 1. The third-order valence-electron chi connectivity index (χ3n) is 3.73. The molecule has 19 heavy (non-hydrogen) atoms. The number of primary sulfonamides is 1. The summed E-state index contributed by atoms with van der Waals surface area (Å²) in [5, 5.41) is 8.24. The molecule has 0 amide bonds. The number of aromatic nitrogens is 1. The molecule has 0 bridgehead atoms. The van der Waals surface area contributed by atoms with Gasteiger partial charge in [-0.2, -0.15) is 0 Å². The van der Waals surface area contributed by atoms with Gasteiger partial charge in [-0.1, -0.05) is 6.42 Å². The van der Waals surface area contributed by atoms with Gasteiger partial charge in [0, 0.05) is 12.7 Å². The zero-order chi connectivity index (χ0) is 13.9. The average Bonchev–Trinajstić information content (AvgIpc) is 2.83. The van der Waals surface area contributed by atoms with E-state index < -0.39 is 10.0 Å². The van der Waals surface area contributed by atoms with E-state index in [4.69, 9.17) is 10.9 Å². The maximum absolute atomic E-state index is 11.1. The van der Waals surface area contributed by atoms with Crippen LogP contribution >= 0.6 is 0 Å². The molecule has 7 heteroatoms. The topological polar surface area (TPSA) is 111 Å². The van der Waals surface area contributed by atoms with Gasteiger partial charge in [0.1, 0.15) is 10.7 Å². The molecule has 1 saturated carbocycles. The molecule has 2 atom stereocenters. The van der Waals surface area contributed by atoms with Crippen LogP contribution in [0.5, 0.6) is 0 Å². The zero-order valence-corrected chi connectivity index (χ0v) is 11.6. The number of rotatable bonds is 5. The summed E-state index contributed by atoms with van der Waals surface area (Å²) in [6, 6.07) is 3.09. The molecule has 1 aromatic rings. The lowest BCUT2D eigenvalue weighted by molar-refractivity contribution is 0.414. The summed E-state index contributed by atoms with van der Waals surface area (Å²) in [6.07, 6.45) is 4.88. The van der Waals surface area contributed by atoms with Crippen molar-refractivity contribution < 1.29 is 8.42 Å². The number of hydrogen-bond donors (Lipinski definition) is 3. The van der Waals surface area contributed by atoms with Gasteiger partial charge in [-0.05, 0) is 43.4 Å². The van der Waals surface area contributed by atoms with Gasteiger partial charge in [-0.25, -0.2) is 18.5 Å². The Labute approximate surface area is 113 Å². The Kier molecular flexibility index (Phi) is 4.38. The third-order valence-corrected chi connectivity index (χ3v) is 4.63. The minimum atomic E-state index is -3.67. The van der Waals surface area contributed by atoms with Gasteiger partial charge in [0.25, 0.3) is 0 Å². The lowest BCUT2D eigenvalue weighted by Crippen LogP contribution is -2.24. The number of pyridine rings is 1. The molecule has 0 saturated heterocycles. The Bertz CT molecular complexity index is 515. The Morgan fingerprint density at radius 2 is 2.05 bits per heavy atom. The van der Waals surface area contributed by atoms with Crippen molar-refractivity contribution in [2.45, 2.75) is 24.2 Å². The molecule has 0 aromatic carbocycles. The van der Waals surface area contributed by atoms with Crippen LogP contribution in [0.1, 0.15) is 19.3 Å². The van der Waals surface area contributed by atoms with E-state index >= 15 is 0 Å². The maximum Gasteiger partial charge on any atom is 0.239 e. The Morgan fingerprint density at radius 1 is 1.32 bits per heavy atom. The summed E-state index contributed by atoms with van der Waals surface area (Å²) in [7, 11) is -3.67. The summed E-state index contributed by atoms with van der Waals surface area (Å²) < 4.78 is 22.2. The van der Waals surface area contributed by atoms with Crippen molar-refractivity contribution in [3.8, 4) is 0 Å². The molecule has 6 nitrogen and oxygen atoms in total. The van der Waals surface area contributed by atoms with Crippen molar-refractivity contribution >= 4 is 15.8 Å². The van der Waals surface area contributed by atoms with Crippen LogP contribution in [0.3, 0.4) is 0 Å². The Balaban J connectivity index is 1.93. The number of sulfonamides is 1. The van der Waals surface area contributed by atoms with Gasteiger partial charge in [-0.15, -0.1) is 0 Å². The van der Waals surface area contributed by atoms with E-state index in [2.05, 4.69) is 10.3 Å². The quantitative estimate of drug-likeness (QED) is 0.729. The standard InChI is InChI=1S/C12H20N4O2S/c13-6-9-2-1-3-10(9)7-15-12-5-4-11(8-16-12)19(14,17)18/h4-5,8-10H,1-3,6-7,13H2,(H,15,16)(H2,14,17,18). The number of nitrogens with zero attached hydrogens (tertiary/aromatic N) is 1. The molecule has 0 radical (unpaired) electrons. The summed E-state index contributed by atoms with van der Waals surface area (Å²) in [5.74, 6) is 1.82. The van der Waals surface area contributed by atoms with Gasteiger partial charge >= 0.3 is 0 Å². The van der Waals surface area contributed by atoms with Crippen molar-refractivity contribution in [2.24, 2.45) is 22.7 Å². The summed E-state index contributed by atoms with van der Waals surface area (Å²) >= 11 is 0. The number of nitrogens with two attached hydrogens (primary N) is 2. The second-order valence-corrected chi connectivity index (χ2v) is 6.55. The van der Waals surface area contributed by atoms with Crippen LogP contribution in [0.25, 0.3) is 0 Å². The van der Waals surface area contributed by atoms with Gasteiger partial charge < -0.3 is 11.1 Å². The molecule has 1 aliphatic rings. The van der Waals surface area contributed by atoms with Crippen molar-refractivity contribution in [3.05, 3.63) is 18.3 Å². The third kappa shape index (κ3) is 3.65. The predicted octanol–water partition coefficient (Wildman–Crippen LogP) is 0.516. The van der Waals surface area contributed by atoms with Crippen molar-refractivity contribution in [2.75, 3.05) is 18.4 Å². The predicted molar refractivity (Wildman–Crippen MR) is 74.0 cm³/mol. The lowest BCUT2D eigenvalue weighted by atomic mass is 9.96. The molecule has 0 spiro atoms. The molecular formula is C12H20N4O2S. The number of nitrogens with one attached hydrogen (secondary N) is 1. The molecule has 5 N–H and O–H groups in total. The Hall–Kier alpha value is -1.18. The van der Waals surface area contributed by atoms with Gasteiger partial charge in [0.15, 0.2) is 0 Å². The highest BCUT2D eigenvalue weighted by molar-refractivity contribution is 7.89. The SMILES string of the molecule is NCC1CCCC1CNc1ccc(S(N)(=O)=O)cn1. The fourth-order valence-corrected chi connectivity index (χ4v) is 3.04. The highest BCUT2D eigenvalue weighted by Crippen LogP contribution is 2.30. The second-order valence-electron chi connectivity index (χ2n) is 4.99. The van der Waals surface area contributed by atoms with Gasteiger partial charge in [0.05, 0.1) is 0 Å². The number of hydrogen-bond acceptors (Lipinski definition) is 5. The highest BCUT2D eigenvalue weighted by atomic mass is 32.2. The summed E-state index contributed by atoms with van der Waals surface area (Å²) in [5.41, 5.74) is 5.74. The molecular weight excluding hydrogens is 264 g/mol. The molecule has 1 fully saturated rings. The molecule has 1 aliphatic carbocycles. The van der Waals surface area contributed by atoms with E-state index in [1.807, 2.05) is 0 Å². The van der Waals surface area contributed by atoms with E-state index in [-0.39, 0.29) is 4.90 Å². The van der Waals surface area contributed by atoms with Crippen LogP contribution < -0.4 is 16.2 Å². The van der Waals surface area contributed by atoms with Crippen molar-refractivity contribution in [1.29, 1.82) is 0 Å². The van der Waals surface area contributed by atoms with Gasteiger partial charge in [0.2, 0.25) is 10.0 Å². The van der Waals surface area contributed by atoms with Crippen LogP contribution in [0, 0.1) is 11.8 Å². The molecule has 1 heterocycles.